The highest BCUT2D eigenvalue weighted by molar-refractivity contribution is 5.49. The molecule has 1 N–H and O–H groups in total. The number of hydrogen-bond acceptors (Lipinski definition) is 2. The third-order valence-corrected chi connectivity index (χ3v) is 4.74. The number of benzene rings is 2. The van der Waals surface area contributed by atoms with Crippen LogP contribution in [0.2, 0.25) is 0 Å². The lowest BCUT2D eigenvalue weighted by atomic mass is 9.69. The average Bonchev–Trinajstić information content (AvgIpc) is 2.63. The fraction of sp³-hybridized carbons (Fsp3) is 0.333. The largest absolute Gasteiger partial charge is 0.457 e. The molecule has 2 aromatic rings. The Morgan fingerprint density at radius 2 is 1.55 bits per heavy atom. The highest BCUT2D eigenvalue weighted by Gasteiger charge is 2.38. The van der Waals surface area contributed by atoms with Crippen molar-refractivity contribution in [1.29, 1.82) is 0 Å². The highest BCUT2D eigenvalue weighted by atomic mass is 16.5. The number of hydrogen-bond donors (Lipinski definition) is 1. The second-order valence-corrected chi connectivity index (χ2v) is 5.91. The highest BCUT2D eigenvalue weighted by Crippen LogP contribution is 2.46. The molecular weight excluding hydrogens is 246 g/mol. The topological polar surface area (TPSA) is 21.3 Å². The number of ether oxygens (including phenoxy) is 1. The van der Waals surface area contributed by atoms with Crippen molar-refractivity contribution in [2.75, 3.05) is 13.1 Å². The minimum atomic E-state index is 0.231. The van der Waals surface area contributed by atoms with E-state index in [0.29, 0.717) is 0 Å². The van der Waals surface area contributed by atoms with Crippen LogP contribution in [0.25, 0.3) is 0 Å². The summed E-state index contributed by atoms with van der Waals surface area (Å²) in [5, 5.41) is 3.49. The summed E-state index contributed by atoms with van der Waals surface area (Å²) in [6, 6.07) is 17.1. The maximum atomic E-state index is 6.21. The molecule has 2 heteroatoms. The van der Waals surface area contributed by atoms with Gasteiger partial charge in [-0.2, -0.15) is 0 Å². The lowest BCUT2D eigenvalue weighted by molar-refractivity contribution is 0.305. The number of rotatable bonds is 0. The molecule has 2 aromatic carbocycles. The molecule has 2 heterocycles. The Morgan fingerprint density at radius 1 is 0.850 bits per heavy atom. The van der Waals surface area contributed by atoms with Gasteiger partial charge in [0.05, 0.1) is 0 Å². The van der Waals surface area contributed by atoms with Gasteiger partial charge >= 0.3 is 0 Å². The minimum absolute atomic E-state index is 0.231. The van der Waals surface area contributed by atoms with Gasteiger partial charge in [0.1, 0.15) is 11.5 Å². The zero-order chi connectivity index (χ0) is 13.4. The molecule has 1 saturated heterocycles. The molecule has 2 nitrogen and oxygen atoms in total. The molecule has 0 aromatic heterocycles. The molecule has 0 radical (unpaired) electrons. The van der Waals surface area contributed by atoms with E-state index >= 15 is 0 Å². The van der Waals surface area contributed by atoms with Crippen LogP contribution in [-0.2, 0) is 11.8 Å². The Hall–Kier alpha value is -1.80. The SMILES string of the molecule is c1ccc2c(c1)CC1(CCNCC1)c1ccccc1O2. The zero-order valence-corrected chi connectivity index (χ0v) is 11.6. The Morgan fingerprint density at radius 3 is 2.40 bits per heavy atom. The van der Waals surface area contributed by atoms with Crippen LogP contribution in [0.5, 0.6) is 11.5 Å². The molecule has 0 saturated carbocycles. The first-order valence-corrected chi connectivity index (χ1v) is 7.43. The van der Waals surface area contributed by atoms with Crippen molar-refractivity contribution in [3.8, 4) is 11.5 Å². The first-order chi connectivity index (χ1) is 9.87. The van der Waals surface area contributed by atoms with Crippen molar-refractivity contribution in [2.45, 2.75) is 24.7 Å². The van der Waals surface area contributed by atoms with Gasteiger partial charge in [0.25, 0.3) is 0 Å². The first-order valence-electron chi connectivity index (χ1n) is 7.43. The number of nitrogens with one attached hydrogen (secondary N) is 1. The van der Waals surface area contributed by atoms with Crippen LogP contribution in [0, 0.1) is 0 Å². The van der Waals surface area contributed by atoms with Gasteiger partial charge in [-0.25, -0.2) is 0 Å². The molecule has 0 aliphatic carbocycles. The lowest BCUT2D eigenvalue weighted by Gasteiger charge is -2.37. The maximum absolute atomic E-state index is 6.21. The predicted molar refractivity (Wildman–Crippen MR) is 80.4 cm³/mol. The van der Waals surface area contributed by atoms with Gasteiger partial charge in [-0.3, -0.25) is 0 Å². The molecule has 4 rings (SSSR count). The molecule has 0 amide bonds. The Kier molecular flexibility index (Phi) is 2.78. The lowest BCUT2D eigenvalue weighted by Crippen LogP contribution is -2.41. The quantitative estimate of drug-likeness (QED) is 0.785. The van der Waals surface area contributed by atoms with E-state index in [2.05, 4.69) is 53.8 Å². The molecule has 0 bridgehead atoms. The van der Waals surface area contributed by atoms with E-state index in [1.165, 1.54) is 24.0 Å². The van der Waals surface area contributed by atoms with Gasteiger partial charge in [-0.15, -0.1) is 0 Å². The zero-order valence-electron chi connectivity index (χ0n) is 11.6. The Labute approximate surface area is 119 Å². The normalized spacial score (nSPS) is 19.6. The van der Waals surface area contributed by atoms with Crippen LogP contribution >= 0.6 is 0 Å². The third-order valence-electron chi connectivity index (χ3n) is 4.74. The van der Waals surface area contributed by atoms with Crippen molar-refractivity contribution < 1.29 is 4.74 Å². The summed E-state index contributed by atoms with van der Waals surface area (Å²) in [6.45, 7) is 2.19. The molecule has 102 valence electrons. The summed E-state index contributed by atoms with van der Waals surface area (Å²) in [4.78, 5) is 0. The molecule has 2 aliphatic heterocycles. The van der Waals surface area contributed by atoms with Gasteiger partial charge in [0.15, 0.2) is 0 Å². The van der Waals surface area contributed by atoms with E-state index in [-0.39, 0.29) is 5.41 Å². The number of piperidine rings is 1. The van der Waals surface area contributed by atoms with Gasteiger partial charge in [-0.1, -0.05) is 36.4 Å². The average molecular weight is 265 g/mol. The molecule has 2 aliphatic rings. The van der Waals surface area contributed by atoms with Crippen LogP contribution in [0.1, 0.15) is 24.0 Å². The first kappa shape index (κ1) is 12.0. The van der Waals surface area contributed by atoms with Crippen molar-refractivity contribution in [2.24, 2.45) is 0 Å². The third kappa shape index (κ3) is 1.83. The van der Waals surface area contributed by atoms with Crippen LogP contribution < -0.4 is 10.1 Å². The standard InChI is InChI=1S/C18H19NO/c1-3-7-16-14(5-1)13-18(9-11-19-12-10-18)15-6-2-4-8-17(15)20-16/h1-8,19H,9-13H2. The van der Waals surface area contributed by atoms with E-state index in [4.69, 9.17) is 4.74 Å². The molecule has 0 atom stereocenters. The Bertz CT molecular complexity index is 629. The van der Waals surface area contributed by atoms with Crippen LogP contribution in [0.15, 0.2) is 48.5 Å². The van der Waals surface area contributed by atoms with Gasteiger partial charge in [-0.05, 0) is 50.0 Å². The molecule has 1 spiro atoms. The maximum Gasteiger partial charge on any atom is 0.131 e. The number of fused-ring (bicyclic) bond motifs is 3. The van der Waals surface area contributed by atoms with Crippen LogP contribution in [0.3, 0.4) is 0 Å². The van der Waals surface area contributed by atoms with Crippen molar-refractivity contribution >= 4 is 0 Å². The summed E-state index contributed by atoms with van der Waals surface area (Å²) < 4.78 is 6.21. The van der Waals surface area contributed by atoms with Crippen molar-refractivity contribution in [3.63, 3.8) is 0 Å². The fourth-order valence-electron chi connectivity index (χ4n) is 3.67. The summed E-state index contributed by atoms with van der Waals surface area (Å²) in [7, 11) is 0. The van der Waals surface area contributed by atoms with Gasteiger partial charge in [0.2, 0.25) is 0 Å². The van der Waals surface area contributed by atoms with Crippen molar-refractivity contribution in [1.82, 2.24) is 5.32 Å². The molecule has 20 heavy (non-hydrogen) atoms. The second-order valence-electron chi connectivity index (χ2n) is 5.91. The number of para-hydroxylation sites is 2. The molecule has 0 unspecified atom stereocenters. The van der Waals surface area contributed by atoms with E-state index in [9.17, 15) is 0 Å². The predicted octanol–water partition coefficient (Wildman–Crippen LogP) is 3.66. The van der Waals surface area contributed by atoms with Gasteiger partial charge < -0.3 is 10.1 Å². The second kappa shape index (κ2) is 4.64. The summed E-state index contributed by atoms with van der Waals surface area (Å²) >= 11 is 0. The smallest absolute Gasteiger partial charge is 0.131 e. The minimum Gasteiger partial charge on any atom is -0.457 e. The van der Waals surface area contributed by atoms with E-state index in [1.807, 2.05) is 0 Å². The Balaban J connectivity index is 1.90. The van der Waals surface area contributed by atoms with E-state index in [0.717, 1.165) is 31.0 Å². The molecule has 1 fully saturated rings. The summed E-state index contributed by atoms with van der Waals surface area (Å²) in [5.74, 6) is 2.06. The van der Waals surface area contributed by atoms with Crippen LogP contribution in [-0.4, -0.2) is 13.1 Å². The van der Waals surface area contributed by atoms with Gasteiger partial charge in [0, 0.05) is 11.0 Å². The van der Waals surface area contributed by atoms with Crippen molar-refractivity contribution in [3.05, 3.63) is 59.7 Å². The summed E-state index contributed by atoms with van der Waals surface area (Å²) in [5.41, 5.74) is 2.96. The van der Waals surface area contributed by atoms with Crippen LogP contribution in [0.4, 0.5) is 0 Å². The summed E-state index contributed by atoms with van der Waals surface area (Å²) in [6.07, 6.45) is 3.45. The van der Waals surface area contributed by atoms with E-state index in [1.54, 1.807) is 0 Å². The molecular formula is C18H19NO. The van der Waals surface area contributed by atoms with E-state index < -0.39 is 0 Å². The monoisotopic (exact) mass is 265 g/mol. The fourth-order valence-corrected chi connectivity index (χ4v) is 3.67.